The molecule has 1 aromatic carbocycles. The highest BCUT2D eigenvalue weighted by Gasteiger charge is 2.26. The van der Waals surface area contributed by atoms with Crippen molar-refractivity contribution >= 4 is 0 Å². The van der Waals surface area contributed by atoms with Gasteiger partial charge in [-0.25, -0.2) is 0 Å². The normalized spacial score (nSPS) is 27.1. The Morgan fingerprint density at radius 2 is 2.11 bits per heavy atom. The first-order valence-electron chi connectivity index (χ1n) is 6.70. The molecular weight excluding hydrogens is 226 g/mol. The lowest BCUT2D eigenvalue weighted by Gasteiger charge is -2.25. The molecule has 3 unspecified atom stereocenters. The van der Waals surface area contributed by atoms with Crippen LogP contribution in [0.15, 0.2) is 30.3 Å². The molecule has 1 saturated heterocycles. The van der Waals surface area contributed by atoms with E-state index in [1.54, 1.807) is 0 Å². The summed E-state index contributed by atoms with van der Waals surface area (Å²) in [6, 6.07) is 9.80. The van der Waals surface area contributed by atoms with Crippen LogP contribution in [-0.4, -0.2) is 30.9 Å². The van der Waals surface area contributed by atoms with Crippen LogP contribution in [0, 0.1) is 5.92 Å². The quantitative estimate of drug-likeness (QED) is 0.837. The molecule has 0 aromatic heterocycles. The summed E-state index contributed by atoms with van der Waals surface area (Å²) >= 11 is 0. The summed E-state index contributed by atoms with van der Waals surface area (Å²) < 4.78 is 5.53. The number of hydrogen-bond donors (Lipinski definition) is 2. The van der Waals surface area contributed by atoms with Crippen molar-refractivity contribution in [1.29, 1.82) is 0 Å². The van der Waals surface area contributed by atoms with Gasteiger partial charge in [0.15, 0.2) is 0 Å². The van der Waals surface area contributed by atoms with Crippen molar-refractivity contribution in [3.63, 3.8) is 0 Å². The van der Waals surface area contributed by atoms with Crippen LogP contribution >= 0.6 is 0 Å². The number of ether oxygens (including phenoxy) is 1. The van der Waals surface area contributed by atoms with Crippen LogP contribution in [0.1, 0.15) is 25.8 Å². The van der Waals surface area contributed by atoms with Gasteiger partial charge in [-0.05, 0) is 31.7 Å². The molecule has 0 saturated carbocycles. The number of hydrogen-bond acceptors (Lipinski definition) is 3. The summed E-state index contributed by atoms with van der Waals surface area (Å²) in [6.07, 6.45) is 1.45. The van der Waals surface area contributed by atoms with E-state index in [2.05, 4.69) is 12.2 Å². The van der Waals surface area contributed by atoms with Gasteiger partial charge in [0.2, 0.25) is 0 Å². The highest BCUT2D eigenvalue weighted by Crippen LogP contribution is 2.21. The monoisotopic (exact) mass is 249 g/mol. The van der Waals surface area contributed by atoms with Gasteiger partial charge in [-0.15, -0.1) is 0 Å². The van der Waals surface area contributed by atoms with Gasteiger partial charge in [-0.3, -0.25) is 0 Å². The maximum atomic E-state index is 10.4. The van der Waals surface area contributed by atoms with Crippen molar-refractivity contribution in [2.75, 3.05) is 19.7 Å². The van der Waals surface area contributed by atoms with Gasteiger partial charge in [-0.1, -0.05) is 30.3 Å². The lowest BCUT2D eigenvalue weighted by atomic mass is 9.95. The summed E-state index contributed by atoms with van der Waals surface area (Å²) in [5.74, 6) is 0.566. The third-order valence-corrected chi connectivity index (χ3v) is 3.80. The third kappa shape index (κ3) is 3.31. The Hall–Kier alpha value is -0.900. The SMILES string of the molecule is CC1OCCC1CNCC(C)(O)c1ccccc1. The predicted octanol–water partition coefficient (Wildman–Crippen LogP) is 1.91. The number of rotatable bonds is 5. The van der Waals surface area contributed by atoms with E-state index in [-0.39, 0.29) is 0 Å². The van der Waals surface area contributed by atoms with E-state index < -0.39 is 5.60 Å². The van der Waals surface area contributed by atoms with E-state index in [1.807, 2.05) is 37.3 Å². The Morgan fingerprint density at radius 1 is 1.39 bits per heavy atom. The first kappa shape index (κ1) is 13.5. The minimum Gasteiger partial charge on any atom is -0.384 e. The van der Waals surface area contributed by atoms with E-state index in [9.17, 15) is 5.11 Å². The molecule has 2 N–H and O–H groups in total. The Kier molecular flexibility index (Phi) is 4.38. The van der Waals surface area contributed by atoms with Gasteiger partial charge < -0.3 is 15.2 Å². The zero-order valence-corrected chi connectivity index (χ0v) is 11.2. The van der Waals surface area contributed by atoms with E-state index >= 15 is 0 Å². The highest BCUT2D eigenvalue weighted by molar-refractivity contribution is 5.21. The van der Waals surface area contributed by atoms with E-state index in [0.717, 1.165) is 25.1 Å². The van der Waals surface area contributed by atoms with Crippen molar-refractivity contribution in [2.24, 2.45) is 5.92 Å². The highest BCUT2D eigenvalue weighted by atomic mass is 16.5. The van der Waals surface area contributed by atoms with Gasteiger partial charge in [0.05, 0.1) is 11.7 Å². The maximum Gasteiger partial charge on any atom is 0.0992 e. The lowest BCUT2D eigenvalue weighted by Crippen LogP contribution is -2.38. The second-order valence-electron chi connectivity index (χ2n) is 5.40. The summed E-state index contributed by atoms with van der Waals surface area (Å²) in [4.78, 5) is 0. The third-order valence-electron chi connectivity index (χ3n) is 3.80. The topological polar surface area (TPSA) is 41.5 Å². The van der Waals surface area contributed by atoms with Crippen molar-refractivity contribution in [2.45, 2.75) is 32.0 Å². The van der Waals surface area contributed by atoms with Gasteiger partial charge in [-0.2, -0.15) is 0 Å². The Balaban J connectivity index is 1.82. The fourth-order valence-corrected chi connectivity index (χ4v) is 2.44. The molecule has 0 bridgehead atoms. The molecule has 1 aliphatic heterocycles. The molecule has 18 heavy (non-hydrogen) atoms. The molecule has 0 spiro atoms. The fraction of sp³-hybridized carbons (Fsp3) is 0.600. The number of benzene rings is 1. The Morgan fingerprint density at radius 3 is 2.72 bits per heavy atom. The minimum atomic E-state index is -0.816. The Bertz CT molecular complexity index is 364. The van der Waals surface area contributed by atoms with Crippen LogP contribution < -0.4 is 5.32 Å². The Labute approximate surface area is 109 Å². The molecule has 1 heterocycles. The molecule has 2 rings (SSSR count). The van der Waals surface area contributed by atoms with E-state index in [4.69, 9.17) is 4.74 Å². The summed E-state index contributed by atoms with van der Waals surface area (Å²) in [5.41, 5.74) is 0.137. The molecule has 0 aliphatic carbocycles. The molecule has 100 valence electrons. The van der Waals surface area contributed by atoms with Crippen LogP contribution in [0.4, 0.5) is 0 Å². The molecule has 0 radical (unpaired) electrons. The standard InChI is InChI=1S/C15H23NO2/c1-12-13(8-9-18-12)10-16-11-15(2,17)14-6-4-3-5-7-14/h3-7,12-13,16-17H,8-11H2,1-2H3. The summed E-state index contributed by atoms with van der Waals surface area (Å²) in [5, 5.41) is 13.8. The van der Waals surface area contributed by atoms with Crippen LogP contribution in [0.3, 0.4) is 0 Å². The van der Waals surface area contributed by atoms with Crippen LogP contribution in [0.25, 0.3) is 0 Å². The van der Waals surface area contributed by atoms with Crippen molar-refractivity contribution in [1.82, 2.24) is 5.32 Å². The number of nitrogens with one attached hydrogen (secondary N) is 1. The van der Waals surface area contributed by atoms with Crippen LogP contribution in [0.2, 0.25) is 0 Å². The van der Waals surface area contributed by atoms with Gasteiger partial charge in [0, 0.05) is 19.7 Å². The summed E-state index contributed by atoms with van der Waals surface area (Å²) in [7, 11) is 0. The first-order valence-corrected chi connectivity index (χ1v) is 6.70. The molecule has 3 atom stereocenters. The van der Waals surface area contributed by atoms with E-state index in [0.29, 0.717) is 18.6 Å². The second-order valence-corrected chi connectivity index (χ2v) is 5.40. The smallest absolute Gasteiger partial charge is 0.0992 e. The zero-order chi connectivity index (χ0) is 13.0. The molecule has 1 fully saturated rings. The van der Waals surface area contributed by atoms with Gasteiger partial charge >= 0.3 is 0 Å². The average Bonchev–Trinajstić information content (AvgIpc) is 2.76. The van der Waals surface area contributed by atoms with Crippen LogP contribution in [-0.2, 0) is 10.3 Å². The minimum absolute atomic E-state index is 0.333. The first-order chi connectivity index (χ1) is 8.59. The molecule has 3 nitrogen and oxygen atoms in total. The van der Waals surface area contributed by atoms with Gasteiger partial charge in [0.25, 0.3) is 0 Å². The molecule has 1 aliphatic rings. The van der Waals surface area contributed by atoms with Gasteiger partial charge in [0.1, 0.15) is 0 Å². The fourth-order valence-electron chi connectivity index (χ4n) is 2.44. The van der Waals surface area contributed by atoms with Crippen LogP contribution in [0.5, 0.6) is 0 Å². The van der Waals surface area contributed by atoms with Crippen molar-refractivity contribution in [3.05, 3.63) is 35.9 Å². The molecule has 3 heteroatoms. The summed E-state index contributed by atoms with van der Waals surface area (Å²) in [6.45, 7) is 6.31. The predicted molar refractivity (Wildman–Crippen MR) is 72.4 cm³/mol. The lowest BCUT2D eigenvalue weighted by molar-refractivity contribution is 0.0536. The van der Waals surface area contributed by atoms with E-state index in [1.165, 1.54) is 0 Å². The number of aliphatic hydroxyl groups is 1. The molecule has 1 aromatic rings. The average molecular weight is 249 g/mol. The van der Waals surface area contributed by atoms with Crippen molar-refractivity contribution in [3.8, 4) is 0 Å². The molecule has 0 amide bonds. The zero-order valence-electron chi connectivity index (χ0n) is 11.2. The largest absolute Gasteiger partial charge is 0.384 e. The van der Waals surface area contributed by atoms with Crippen molar-refractivity contribution < 1.29 is 9.84 Å². The molecular formula is C15H23NO2. The maximum absolute atomic E-state index is 10.4. The second kappa shape index (κ2) is 5.83.